The molecule has 8 nitrogen and oxygen atoms in total. The summed E-state index contributed by atoms with van der Waals surface area (Å²) in [7, 11) is 0. The van der Waals surface area contributed by atoms with Gasteiger partial charge in [0.25, 0.3) is 0 Å². The van der Waals surface area contributed by atoms with E-state index in [0.717, 1.165) is 11.1 Å². The molecular formula is C33H39Cl2N3O5. The molecule has 0 saturated heterocycles. The van der Waals surface area contributed by atoms with Crippen LogP contribution in [0, 0.1) is 5.92 Å². The van der Waals surface area contributed by atoms with Gasteiger partial charge in [-0.1, -0.05) is 79.5 Å². The molecule has 0 radical (unpaired) electrons. The first-order valence-electron chi connectivity index (χ1n) is 14.1. The summed E-state index contributed by atoms with van der Waals surface area (Å²) in [6, 6.07) is 19.3. The molecule has 0 aliphatic rings. The first kappa shape index (κ1) is 33.7. The number of hydrogen-bond acceptors (Lipinski definition) is 5. The van der Waals surface area contributed by atoms with Crippen LogP contribution in [-0.2, 0) is 27.4 Å². The first-order chi connectivity index (χ1) is 20.3. The maximum absolute atomic E-state index is 13.5. The van der Waals surface area contributed by atoms with Crippen molar-refractivity contribution in [2.24, 2.45) is 5.92 Å². The van der Waals surface area contributed by atoms with Gasteiger partial charge in [-0.25, -0.2) is 9.59 Å². The number of ether oxygens (including phenoxy) is 2. The SMILES string of the molecule is CC(C)CC(NC(=O)Nc1ccc(Cl)c(Cl)c1)C(=O)NC(Cc1ccc(OCc2ccccc2)cc1)C(=O)OC(C)(C)C. The summed E-state index contributed by atoms with van der Waals surface area (Å²) in [6.07, 6.45) is 0.526. The van der Waals surface area contributed by atoms with Gasteiger partial charge >= 0.3 is 12.0 Å². The second-order valence-electron chi connectivity index (χ2n) is 11.6. The van der Waals surface area contributed by atoms with Gasteiger partial charge in [-0.2, -0.15) is 0 Å². The molecule has 3 N–H and O–H groups in total. The Bertz CT molecular complexity index is 1380. The number of esters is 1. The van der Waals surface area contributed by atoms with E-state index in [9.17, 15) is 14.4 Å². The zero-order valence-electron chi connectivity index (χ0n) is 25.1. The summed E-state index contributed by atoms with van der Waals surface area (Å²) < 4.78 is 11.5. The lowest BCUT2D eigenvalue weighted by Gasteiger charge is -2.27. The average Bonchev–Trinajstić information content (AvgIpc) is 2.93. The van der Waals surface area contributed by atoms with E-state index in [1.165, 1.54) is 6.07 Å². The smallest absolute Gasteiger partial charge is 0.329 e. The highest BCUT2D eigenvalue weighted by molar-refractivity contribution is 6.42. The number of urea groups is 1. The van der Waals surface area contributed by atoms with Gasteiger partial charge in [0.2, 0.25) is 5.91 Å². The molecule has 0 aliphatic heterocycles. The summed E-state index contributed by atoms with van der Waals surface area (Å²) in [5, 5.41) is 8.83. The van der Waals surface area contributed by atoms with Crippen molar-refractivity contribution in [3.05, 3.63) is 94.0 Å². The van der Waals surface area contributed by atoms with Gasteiger partial charge in [0.05, 0.1) is 10.0 Å². The molecule has 2 atom stereocenters. The molecule has 230 valence electrons. The minimum Gasteiger partial charge on any atom is -0.489 e. The van der Waals surface area contributed by atoms with Crippen molar-refractivity contribution < 1.29 is 23.9 Å². The number of carbonyl (C=O) groups excluding carboxylic acids is 3. The van der Waals surface area contributed by atoms with Gasteiger partial charge in [-0.15, -0.1) is 0 Å². The molecular weight excluding hydrogens is 589 g/mol. The number of halogens is 2. The predicted molar refractivity (Wildman–Crippen MR) is 171 cm³/mol. The zero-order chi connectivity index (χ0) is 31.6. The summed E-state index contributed by atoms with van der Waals surface area (Å²) in [4.78, 5) is 39.5. The third-order valence-electron chi connectivity index (χ3n) is 6.13. The molecule has 0 saturated carbocycles. The molecule has 10 heteroatoms. The van der Waals surface area contributed by atoms with Gasteiger partial charge in [0.1, 0.15) is 30.0 Å². The quantitative estimate of drug-likeness (QED) is 0.184. The number of hydrogen-bond donors (Lipinski definition) is 3. The van der Waals surface area contributed by atoms with Gasteiger partial charge in [-0.3, -0.25) is 4.79 Å². The standard InChI is InChI=1S/C33H39Cl2N3O5/c1-21(2)17-28(38-32(41)36-24-13-16-26(34)27(35)19-24)30(39)37-29(31(40)43-33(3,4)5)18-22-11-14-25(15-12-22)42-20-23-9-7-6-8-10-23/h6-16,19,21,28-29H,17-18,20H2,1-5H3,(H,37,39)(H2,36,38,41). The molecule has 3 aromatic carbocycles. The van der Waals surface area contributed by atoms with E-state index in [4.69, 9.17) is 32.7 Å². The lowest BCUT2D eigenvalue weighted by molar-refractivity contribution is -0.158. The van der Waals surface area contributed by atoms with Gasteiger partial charge in [0.15, 0.2) is 0 Å². The molecule has 0 heterocycles. The van der Waals surface area contributed by atoms with Gasteiger partial charge in [0, 0.05) is 12.1 Å². The van der Waals surface area contributed by atoms with Crippen LogP contribution >= 0.6 is 23.2 Å². The van der Waals surface area contributed by atoms with Crippen molar-refractivity contribution in [1.82, 2.24) is 10.6 Å². The minimum absolute atomic E-state index is 0.0735. The lowest BCUT2D eigenvalue weighted by Crippen LogP contribution is -2.54. The highest BCUT2D eigenvalue weighted by Gasteiger charge is 2.30. The molecule has 3 aromatic rings. The Morgan fingerprint density at radius 3 is 2.09 bits per heavy atom. The molecule has 0 aromatic heterocycles. The second-order valence-corrected chi connectivity index (χ2v) is 12.4. The molecule has 0 spiro atoms. The van der Waals surface area contributed by atoms with Crippen LogP contribution in [0.15, 0.2) is 72.8 Å². The van der Waals surface area contributed by atoms with Crippen LogP contribution < -0.4 is 20.7 Å². The van der Waals surface area contributed by atoms with Crippen LogP contribution in [0.1, 0.15) is 52.2 Å². The fourth-order valence-corrected chi connectivity index (χ4v) is 4.44. The molecule has 43 heavy (non-hydrogen) atoms. The summed E-state index contributed by atoms with van der Waals surface area (Å²) in [6.45, 7) is 9.59. The van der Waals surface area contributed by atoms with Crippen molar-refractivity contribution in [2.45, 2.75) is 71.8 Å². The van der Waals surface area contributed by atoms with E-state index >= 15 is 0 Å². The van der Waals surface area contributed by atoms with Crippen molar-refractivity contribution in [1.29, 1.82) is 0 Å². The third kappa shape index (κ3) is 11.8. The van der Waals surface area contributed by atoms with Crippen LogP contribution in [-0.4, -0.2) is 35.6 Å². The largest absolute Gasteiger partial charge is 0.489 e. The maximum atomic E-state index is 13.5. The molecule has 3 rings (SSSR count). The predicted octanol–water partition coefficient (Wildman–Crippen LogP) is 7.18. The fraction of sp³-hybridized carbons (Fsp3) is 0.364. The third-order valence-corrected chi connectivity index (χ3v) is 6.86. The molecule has 0 aliphatic carbocycles. The topological polar surface area (TPSA) is 106 Å². The van der Waals surface area contributed by atoms with E-state index < -0.39 is 35.6 Å². The summed E-state index contributed by atoms with van der Waals surface area (Å²) >= 11 is 12.0. The Morgan fingerprint density at radius 1 is 0.814 bits per heavy atom. The van der Waals surface area contributed by atoms with Crippen LogP contribution in [0.4, 0.5) is 10.5 Å². The highest BCUT2D eigenvalue weighted by atomic mass is 35.5. The highest BCUT2D eigenvalue weighted by Crippen LogP contribution is 2.25. The van der Waals surface area contributed by atoms with Gasteiger partial charge < -0.3 is 25.4 Å². The lowest BCUT2D eigenvalue weighted by atomic mass is 10.0. The van der Waals surface area contributed by atoms with Crippen LogP contribution in [0.25, 0.3) is 0 Å². The zero-order valence-corrected chi connectivity index (χ0v) is 26.6. The Hall–Kier alpha value is -3.75. The Labute approximate surface area is 263 Å². The minimum atomic E-state index is -0.989. The van der Waals surface area contributed by atoms with E-state index in [1.54, 1.807) is 32.9 Å². The van der Waals surface area contributed by atoms with E-state index in [0.29, 0.717) is 29.5 Å². The second kappa shape index (κ2) is 15.6. The van der Waals surface area contributed by atoms with Crippen molar-refractivity contribution in [3.63, 3.8) is 0 Å². The van der Waals surface area contributed by atoms with Gasteiger partial charge in [-0.05, 0) is 74.6 Å². The Morgan fingerprint density at radius 2 is 1.49 bits per heavy atom. The number of carbonyl (C=O) groups is 3. The number of nitrogens with one attached hydrogen (secondary N) is 3. The monoisotopic (exact) mass is 627 g/mol. The number of anilines is 1. The van der Waals surface area contributed by atoms with Crippen LogP contribution in [0.2, 0.25) is 10.0 Å². The maximum Gasteiger partial charge on any atom is 0.329 e. The molecule has 3 amide bonds. The fourth-order valence-electron chi connectivity index (χ4n) is 4.14. The molecule has 0 bridgehead atoms. The van der Waals surface area contributed by atoms with Crippen LogP contribution in [0.5, 0.6) is 5.75 Å². The van der Waals surface area contributed by atoms with Crippen molar-refractivity contribution >= 4 is 46.8 Å². The number of rotatable bonds is 12. The molecule has 0 fully saturated rings. The average molecular weight is 629 g/mol. The number of amides is 3. The Kier molecular flexibility index (Phi) is 12.3. The molecule has 2 unspecified atom stereocenters. The van der Waals surface area contributed by atoms with Crippen LogP contribution in [0.3, 0.4) is 0 Å². The Balaban J connectivity index is 1.71. The van der Waals surface area contributed by atoms with E-state index in [-0.39, 0.29) is 17.4 Å². The first-order valence-corrected chi connectivity index (χ1v) is 14.9. The van der Waals surface area contributed by atoms with Crippen molar-refractivity contribution in [2.75, 3.05) is 5.32 Å². The van der Waals surface area contributed by atoms with Crippen molar-refractivity contribution in [3.8, 4) is 5.75 Å². The van der Waals surface area contributed by atoms with E-state index in [2.05, 4.69) is 16.0 Å². The normalized spacial score (nSPS) is 12.7. The number of benzene rings is 3. The summed E-state index contributed by atoms with van der Waals surface area (Å²) in [5.74, 6) is -0.324. The summed E-state index contributed by atoms with van der Waals surface area (Å²) in [5.41, 5.74) is 1.51. The van der Waals surface area contributed by atoms with E-state index in [1.807, 2.05) is 68.4 Å².